The van der Waals surface area contributed by atoms with E-state index >= 15 is 0 Å². The third-order valence-corrected chi connectivity index (χ3v) is 2.63. The molecule has 0 amide bonds. The number of hydrogen-bond donors (Lipinski definition) is 1. The van der Waals surface area contributed by atoms with Gasteiger partial charge in [-0.1, -0.05) is 20.8 Å². The van der Waals surface area contributed by atoms with Crippen LogP contribution in [0.2, 0.25) is 0 Å². The van der Waals surface area contributed by atoms with E-state index < -0.39 is 0 Å². The Morgan fingerprint density at radius 1 is 1.38 bits per heavy atom. The summed E-state index contributed by atoms with van der Waals surface area (Å²) in [4.78, 5) is 0. The molecule has 1 N–H and O–H groups in total. The van der Waals surface area contributed by atoms with Gasteiger partial charge in [-0.15, -0.1) is 0 Å². The van der Waals surface area contributed by atoms with E-state index in [1.165, 1.54) is 12.8 Å². The van der Waals surface area contributed by atoms with Crippen molar-refractivity contribution in [1.82, 2.24) is 5.32 Å². The fourth-order valence-corrected chi connectivity index (χ4v) is 2.02. The summed E-state index contributed by atoms with van der Waals surface area (Å²) in [6.45, 7) is 8.90. The second kappa shape index (κ2) is 4.43. The van der Waals surface area contributed by atoms with Crippen LogP contribution in [0.25, 0.3) is 0 Å². The molecule has 1 aliphatic heterocycles. The van der Waals surface area contributed by atoms with E-state index in [4.69, 9.17) is 4.74 Å². The Kier molecular flexibility index (Phi) is 3.74. The first-order chi connectivity index (χ1) is 6.03. The van der Waals surface area contributed by atoms with Crippen LogP contribution in [0, 0.1) is 11.3 Å². The molecule has 2 unspecified atom stereocenters. The van der Waals surface area contributed by atoms with Gasteiger partial charge >= 0.3 is 0 Å². The largest absolute Gasteiger partial charge is 0.378 e. The fourth-order valence-electron chi connectivity index (χ4n) is 2.02. The summed E-state index contributed by atoms with van der Waals surface area (Å²) in [6, 6.07) is 0. The van der Waals surface area contributed by atoms with Gasteiger partial charge in [0.2, 0.25) is 0 Å². The second-order valence-corrected chi connectivity index (χ2v) is 5.28. The van der Waals surface area contributed by atoms with Gasteiger partial charge in [0.1, 0.15) is 0 Å². The standard InChI is InChI=1S/C11H23NO/c1-11(2,3)7-10-9(8-12-4)5-6-13-10/h9-10,12H,5-8H2,1-4H3. The zero-order valence-electron chi connectivity index (χ0n) is 9.39. The number of ether oxygens (including phenoxy) is 1. The summed E-state index contributed by atoms with van der Waals surface area (Å²) in [7, 11) is 2.02. The maximum absolute atomic E-state index is 5.75. The number of nitrogens with one attached hydrogen (secondary N) is 1. The Labute approximate surface area is 82.0 Å². The lowest BCUT2D eigenvalue weighted by molar-refractivity contribution is 0.0563. The van der Waals surface area contributed by atoms with Gasteiger partial charge in [0, 0.05) is 13.2 Å². The third-order valence-electron chi connectivity index (χ3n) is 2.63. The topological polar surface area (TPSA) is 21.3 Å². The van der Waals surface area contributed by atoms with Gasteiger partial charge < -0.3 is 10.1 Å². The van der Waals surface area contributed by atoms with Crippen molar-refractivity contribution < 1.29 is 4.74 Å². The molecule has 0 aromatic carbocycles. The molecule has 1 aliphatic rings. The van der Waals surface area contributed by atoms with Gasteiger partial charge in [0.05, 0.1) is 6.10 Å². The first-order valence-corrected chi connectivity index (χ1v) is 5.29. The molecule has 0 radical (unpaired) electrons. The lowest BCUT2D eigenvalue weighted by atomic mass is 9.84. The quantitative estimate of drug-likeness (QED) is 0.726. The molecule has 2 heteroatoms. The summed E-state index contributed by atoms with van der Waals surface area (Å²) in [5, 5.41) is 3.25. The van der Waals surface area contributed by atoms with Gasteiger partial charge in [0.25, 0.3) is 0 Å². The normalized spacial score (nSPS) is 29.5. The lowest BCUT2D eigenvalue weighted by Gasteiger charge is -2.26. The van der Waals surface area contributed by atoms with Crippen molar-refractivity contribution in [2.24, 2.45) is 11.3 Å². The van der Waals surface area contributed by atoms with Crippen molar-refractivity contribution >= 4 is 0 Å². The summed E-state index contributed by atoms with van der Waals surface area (Å²) in [5.41, 5.74) is 0.390. The second-order valence-electron chi connectivity index (χ2n) is 5.28. The van der Waals surface area contributed by atoms with Gasteiger partial charge in [-0.3, -0.25) is 0 Å². The molecule has 1 heterocycles. The highest BCUT2D eigenvalue weighted by Crippen LogP contribution is 2.31. The summed E-state index contributed by atoms with van der Waals surface area (Å²) in [5.74, 6) is 0.726. The van der Waals surface area contributed by atoms with Crippen LogP contribution >= 0.6 is 0 Å². The van der Waals surface area contributed by atoms with Crippen molar-refractivity contribution in [1.29, 1.82) is 0 Å². The van der Waals surface area contributed by atoms with Crippen molar-refractivity contribution in [3.05, 3.63) is 0 Å². The number of hydrogen-bond acceptors (Lipinski definition) is 2. The molecule has 1 rings (SSSR count). The Hall–Kier alpha value is -0.0800. The lowest BCUT2D eigenvalue weighted by Crippen LogP contribution is -2.29. The smallest absolute Gasteiger partial charge is 0.0621 e. The van der Waals surface area contributed by atoms with Crippen LogP contribution in [-0.2, 0) is 4.74 Å². The van der Waals surface area contributed by atoms with Crippen molar-refractivity contribution in [2.45, 2.75) is 39.7 Å². The van der Waals surface area contributed by atoms with Crippen LogP contribution in [0.3, 0.4) is 0 Å². The summed E-state index contributed by atoms with van der Waals surface area (Å²) >= 11 is 0. The van der Waals surface area contributed by atoms with Crippen LogP contribution < -0.4 is 5.32 Å². The molecular formula is C11H23NO. The maximum Gasteiger partial charge on any atom is 0.0621 e. The van der Waals surface area contributed by atoms with Crippen molar-refractivity contribution in [2.75, 3.05) is 20.2 Å². The van der Waals surface area contributed by atoms with E-state index in [1.54, 1.807) is 0 Å². The van der Waals surface area contributed by atoms with Gasteiger partial charge in [-0.2, -0.15) is 0 Å². The van der Waals surface area contributed by atoms with E-state index in [2.05, 4.69) is 26.1 Å². The minimum atomic E-state index is 0.390. The first kappa shape index (κ1) is 11.0. The molecule has 0 aromatic rings. The average molecular weight is 185 g/mol. The Balaban J connectivity index is 2.39. The summed E-state index contributed by atoms with van der Waals surface area (Å²) < 4.78 is 5.75. The van der Waals surface area contributed by atoms with Gasteiger partial charge in [0.15, 0.2) is 0 Å². The highest BCUT2D eigenvalue weighted by atomic mass is 16.5. The Morgan fingerprint density at radius 2 is 2.08 bits per heavy atom. The Morgan fingerprint density at radius 3 is 2.62 bits per heavy atom. The Bertz CT molecular complexity index is 151. The molecule has 0 aromatic heterocycles. The number of rotatable bonds is 3. The van der Waals surface area contributed by atoms with E-state index in [0.29, 0.717) is 11.5 Å². The predicted octanol–water partition coefficient (Wildman–Crippen LogP) is 2.05. The zero-order chi connectivity index (χ0) is 9.90. The van der Waals surface area contributed by atoms with Crippen LogP contribution in [0.5, 0.6) is 0 Å². The van der Waals surface area contributed by atoms with Crippen LogP contribution in [0.4, 0.5) is 0 Å². The van der Waals surface area contributed by atoms with E-state index in [-0.39, 0.29) is 0 Å². The predicted molar refractivity (Wildman–Crippen MR) is 55.8 cm³/mol. The molecule has 0 bridgehead atoms. The van der Waals surface area contributed by atoms with Crippen LogP contribution in [-0.4, -0.2) is 26.3 Å². The molecular weight excluding hydrogens is 162 g/mol. The SMILES string of the molecule is CNCC1CCOC1CC(C)(C)C. The molecule has 1 fully saturated rings. The minimum Gasteiger partial charge on any atom is -0.378 e. The first-order valence-electron chi connectivity index (χ1n) is 5.29. The molecule has 0 saturated carbocycles. The van der Waals surface area contributed by atoms with E-state index in [0.717, 1.165) is 19.1 Å². The average Bonchev–Trinajstić information content (AvgIpc) is 2.34. The van der Waals surface area contributed by atoms with E-state index in [1.807, 2.05) is 7.05 Å². The highest BCUT2D eigenvalue weighted by Gasteiger charge is 2.30. The van der Waals surface area contributed by atoms with Crippen LogP contribution in [0.15, 0.2) is 0 Å². The highest BCUT2D eigenvalue weighted by molar-refractivity contribution is 4.81. The van der Waals surface area contributed by atoms with Crippen molar-refractivity contribution in [3.63, 3.8) is 0 Å². The fraction of sp³-hybridized carbons (Fsp3) is 1.00. The molecule has 0 aliphatic carbocycles. The van der Waals surface area contributed by atoms with Gasteiger partial charge in [-0.25, -0.2) is 0 Å². The molecule has 2 nitrogen and oxygen atoms in total. The van der Waals surface area contributed by atoms with Gasteiger partial charge in [-0.05, 0) is 31.2 Å². The molecule has 2 atom stereocenters. The third kappa shape index (κ3) is 3.65. The molecule has 78 valence electrons. The molecule has 0 spiro atoms. The molecule has 13 heavy (non-hydrogen) atoms. The zero-order valence-corrected chi connectivity index (χ0v) is 9.39. The minimum absolute atomic E-state index is 0.390. The molecule has 1 saturated heterocycles. The monoisotopic (exact) mass is 185 g/mol. The van der Waals surface area contributed by atoms with E-state index in [9.17, 15) is 0 Å². The van der Waals surface area contributed by atoms with Crippen LogP contribution in [0.1, 0.15) is 33.6 Å². The summed E-state index contributed by atoms with van der Waals surface area (Å²) in [6.07, 6.45) is 2.88. The van der Waals surface area contributed by atoms with Crippen molar-refractivity contribution in [3.8, 4) is 0 Å². The maximum atomic E-state index is 5.75.